The van der Waals surface area contributed by atoms with E-state index in [0.29, 0.717) is 18.2 Å². The molecule has 1 aromatic heterocycles. The van der Waals surface area contributed by atoms with E-state index in [1.54, 1.807) is 0 Å². The molecule has 4 heteroatoms. The Morgan fingerprint density at radius 1 is 1.44 bits per heavy atom. The van der Waals surface area contributed by atoms with Crippen molar-refractivity contribution in [2.24, 2.45) is 18.7 Å². The predicted molar refractivity (Wildman–Crippen MR) is 71.2 cm³/mol. The van der Waals surface area contributed by atoms with Crippen LogP contribution in [0.1, 0.15) is 44.0 Å². The molecule has 0 saturated heterocycles. The fourth-order valence-corrected chi connectivity index (χ4v) is 2.67. The first-order valence-electron chi connectivity index (χ1n) is 6.90. The fraction of sp³-hybridized carbons (Fsp3) is 0.714. The molecule has 1 aliphatic carbocycles. The summed E-state index contributed by atoms with van der Waals surface area (Å²) in [5, 5.41) is 4.38. The van der Waals surface area contributed by atoms with Gasteiger partial charge in [-0.15, -0.1) is 0 Å². The van der Waals surface area contributed by atoms with Gasteiger partial charge in [0.2, 0.25) is 0 Å². The van der Waals surface area contributed by atoms with Gasteiger partial charge in [0.05, 0.1) is 5.69 Å². The van der Waals surface area contributed by atoms with E-state index in [0.717, 1.165) is 43.5 Å². The summed E-state index contributed by atoms with van der Waals surface area (Å²) in [4.78, 5) is 12.2. The van der Waals surface area contributed by atoms with Crippen molar-refractivity contribution < 1.29 is 4.79 Å². The molecule has 0 spiro atoms. The Balaban J connectivity index is 1.96. The summed E-state index contributed by atoms with van der Waals surface area (Å²) in [6.45, 7) is 2.08. The van der Waals surface area contributed by atoms with Crippen LogP contribution in [0.25, 0.3) is 0 Å². The Bertz CT molecular complexity index is 417. The zero-order valence-corrected chi connectivity index (χ0v) is 11.4. The van der Waals surface area contributed by atoms with Crippen molar-refractivity contribution >= 4 is 5.78 Å². The lowest BCUT2D eigenvalue weighted by atomic mass is 9.82. The molecule has 0 unspecified atom stereocenters. The maximum absolute atomic E-state index is 12.2. The van der Waals surface area contributed by atoms with E-state index in [-0.39, 0.29) is 5.92 Å². The molecule has 2 N–H and O–H groups in total. The lowest BCUT2D eigenvalue weighted by molar-refractivity contribution is -0.123. The molecule has 1 fully saturated rings. The van der Waals surface area contributed by atoms with Crippen molar-refractivity contribution in [2.45, 2.75) is 51.5 Å². The lowest BCUT2D eigenvalue weighted by Gasteiger charge is -2.24. The van der Waals surface area contributed by atoms with Crippen LogP contribution in [0.15, 0.2) is 6.07 Å². The van der Waals surface area contributed by atoms with Crippen molar-refractivity contribution in [3.05, 3.63) is 17.5 Å². The smallest absolute Gasteiger partial charge is 0.141 e. The van der Waals surface area contributed by atoms with Gasteiger partial charge in [0.1, 0.15) is 5.78 Å². The van der Waals surface area contributed by atoms with E-state index < -0.39 is 0 Å². The number of nitrogens with zero attached hydrogens (tertiary/aromatic N) is 2. The quantitative estimate of drug-likeness (QED) is 0.882. The number of nitrogens with two attached hydrogens (primary N) is 1. The highest BCUT2D eigenvalue weighted by Crippen LogP contribution is 2.25. The first kappa shape index (κ1) is 13.3. The molecule has 1 heterocycles. The molecule has 100 valence electrons. The van der Waals surface area contributed by atoms with Crippen LogP contribution in [-0.2, 0) is 24.7 Å². The SMILES string of the molecule is CCc1cc(CC(=O)C2CCC(N)CC2)n(C)n1. The highest BCUT2D eigenvalue weighted by Gasteiger charge is 2.25. The number of aryl methyl sites for hydroxylation is 2. The number of Topliss-reactive ketones (excluding diaryl/α,β-unsaturated/α-hetero) is 1. The van der Waals surface area contributed by atoms with Gasteiger partial charge in [-0.3, -0.25) is 9.48 Å². The van der Waals surface area contributed by atoms with E-state index in [1.807, 2.05) is 17.8 Å². The standard InChI is InChI=1S/C14H23N3O/c1-3-12-8-13(17(2)16-12)9-14(18)10-4-6-11(15)7-5-10/h8,10-11H,3-7,9,15H2,1-2H3. The molecule has 1 saturated carbocycles. The monoisotopic (exact) mass is 249 g/mol. The summed E-state index contributed by atoms with van der Waals surface area (Å²) in [6, 6.07) is 2.35. The minimum atomic E-state index is 0.213. The Hall–Kier alpha value is -1.16. The largest absolute Gasteiger partial charge is 0.328 e. The van der Waals surface area contributed by atoms with E-state index in [2.05, 4.69) is 12.0 Å². The molecule has 4 nitrogen and oxygen atoms in total. The van der Waals surface area contributed by atoms with Crippen LogP contribution in [0, 0.1) is 5.92 Å². The van der Waals surface area contributed by atoms with Crippen LogP contribution in [0.4, 0.5) is 0 Å². The summed E-state index contributed by atoms with van der Waals surface area (Å²) in [5.41, 5.74) is 7.96. The zero-order valence-electron chi connectivity index (χ0n) is 11.4. The third-order valence-corrected chi connectivity index (χ3v) is 3.97. The number of ketones is 1. The van der Waals surface area contributed by atoms with Crippen molar-refractivity contribution in [1.29, 1.82) is 0 Å². The maximum atomic E-state index is 12.2. The van der Waals surface area contributed by atoms with Crippen LogP contribution in [0.3, 0.4) is 0 Å². The van der Waals surface area contributed by atoms with E-state index in [9.17, 15) is 4.79 Å². The second kappa shape index (κ2) is 5.65. The Labute approximate surface area is 109 Å². The van der Waals surface area contributed by atoms with Gasteiger partial charge in [-0.05, 0) is 38.2 Å². The molecule has 18 heavy (non-hydrogen) atoms. The topological polar surface area (TPSA) is 60.9 Å². The number of aromatic nitrogens is 2. The molecule has 1 aliphatic rings. The van der Waals surface area contributed by atoms with Gasteiger partial charge in [-0.1, -0.05) is 6.92 Å². The zero-order chi connectivity index (χ0) is 13.1. The number of carbonyl (C=O) groups is 1. The van der Waals surface area contributed by atoms with Crippen molar-refractivity contribution in [3.63, 3.8) is 0 Å². The van der Waals surface area contributed by atoms with Gasteiger partial charge in [0.25, 0.3) is 0 Å². The fourth-order valence-electron chi connectivity index (χ4n) is 2.67. The van der Waals surface area contributed by atoms with Crippen LogP contribution >= 0.6 is 0 Å². The van der Waals surface area contributed by atoms with Crippen LogP contribution in [-0.4, -0.2) is 21.6 Å². The van der Waals surface area contributed by atoms with Crippen LogP contribution < -0.4 is 5.73 Å². The first-order chi connectivity index (χ1) is 8.60. The molecule has 0 aromatic carbocycles. The summed E-state index contributed by atoms with van der Waals surface area (Å²) < 4.78 is 1.84. The lowest BCUT2D eigenvalue weighted by Crippen LogP contribution is -2.30. The van der Waals surface area contributed by atoms with Gasteiger partial charge in [-0.25, -0.2) is 0 Å². The second-order valence-corrected chi connectivity index (χ2v) is 5.36. The van der Waals surface area contributed by atoms with Gasteiger partial charge >= 0.3 is 0 Å². The van der Waals surface area contributed by atoms with Crippen LogP contribution in [0.5, 0.6) is 0 Å². The number of carbonyl (C=O) groups excluding carboxylic acids is 1. The summed E-state index contributed by atoms with van der Waals surface area (Å²) in [7, 11) is 1.92. The van der Waals surface area contributed by atoms with Crippen molar-refractivity contribution in [1.82, 2.24) is 9.78 Å². The third-order valence-electron chi connectivity index (χ3n) is 3.97. The average Bonchev–Trinajstić information content (AvgIpc) is 2.71. The molecule has 2 rings (SSSR count). The van der Waals surface area contributed by atoms with Gasteiger partial charge in [0.15, 0.2) is 0 Å². The van der Waals surface area contributed by atoms with Gasteiger partial charge in [-0.2, -0.15) is 5.10 Å². The van der Waals surface area contributed by atoms with Crippen molar-refractivity contribution in [2.75, 3.05) is 0 Å². The number of hydrogen-bond donors (Lipinski definition) is 1. The normalized spacial score (nSPS) is 24.2. The van der Waals surface area contributed by atoms with E-state index in [1.165, 1.54) is 0 Å². The molecule has 1 aromatic rings. The second-order valence-electron chi connectivity index (χ2n) is 5.36. The average molecular weight is 249 g/mol. The number of rotatable bonds is 4. The first-order valence-corrected chi connectivity index (χ1v) is 6.90. The molecule has 0 radical (unpaired) electrons. The molecule has 0 atom stereocenters. The van der Waals surface area contributed by atoms with Crippen molar-refractivity contribution in [3.8, 4) is 0 Å². The van der Waals surface area contributed by atoms with Gasteiger partial charge < -0.3 is 5.73 Å². The van der Waals surface area contributed by atoms with Crippen LogP contribution in [0.2, 0.25) is 0 Å². The highest BCUT2D eigenvalue weighted by molar-refractivity contribution is 5.83. The Kier molecular flexibility index (Phi) is 4.17. The molecule has 0 bridgehead atoms. The number of hydrogen-bond acceptors (Lipinski definition) is 3. The molecular formula is C14H23N3O. The minimum Gasteiger partial charge on any atom is -0.328 e. The summed E-state index contributed by atoms with van der Waals surface area (Å²) in [6.07, 6.45) is 5.32. The molecule has 0 amide bonds. The molecular weight excluding hydrogens is 226 g/mol. The highest BCUT2D eigenvalue weighted by atomic mass is 16.1. The predicted octanol–water partition coefficient (Wildman–Crippen LogP) is 1.61. The van der Waals surface area contributed by atoms with E-state index >= 15 is 0 Å². The minimum absolute atomic E-state index is 0.213. The van der Waals surface area contributed by atoms with E-state index in [4.69, 9.17) is 5.73 Å². The summed E-state index contributed by atoms with van der Waals surface area (Å²) in [5.74, 6) is 0.567. The molecule has 0 aliphatic heterocycles. The van der Waals surface area contributed by atoms with Gasteiger partial charge in [0, 0.05) is 31.1 Å². The third kappa shape index (κ3) is 2.99. The maximum Gasteiger partial charge on any atom is 0.141 e. The Morgan fingerprint density at radius 3 is 2.67 bits per heavy atom. The Morgan fingerprint density at radius 2 is 2.11 bits per heavy atom. The summed E-state index contributed by atoms with van der Waals surface area (Å²) >= 11 is 0.